The highest BCUT2D eigenvalue weighted by atomic mass is 32.2. The van der Waals surface area contributed by atoms with Gasteiger partial charge in [-0.1, -0.05) is 11.8 Å². The van der Waals surface area contributed by atoms with Crippen molar-refractivity contribution in [1.82, 2.24) is 10.0 Å². The fourth-order valence-corrected chi connectivity index (χ4v) is 0.863. The minimum Gasteiger partial charge on any atom is -0.367 e. The zero-order chi connectivity index (χ0) is 5.98. The Kier molecular flexibility index (Phi) is 1.93. The molecule has 0 aromatic heterocycles. The first kappa shape index (κ1) is 6.12. The fourth-order valence-electron chi connectivity index (χ4n) is 0.342. The smallest absolute Gasteiger partial charge is 0.201 e. The summed E-state index contributed by atoms with van der Waals surface area (Å²) < 4.78 is 1.24. The molecule has 1 aliphatic heterocycles. The molecule has 5 heteroatoms. The Balaban J connectivity index is 2.37. The monoisotopic (exact) mass is 150 g/mol. The number of hydrogen-bond acceptors (Lipinski definition) is 5. The Morgan fingerprint density at radius 1 is 2.00 bits per heavy atom. The van der Waals surface area contributed by atoms with Crippen LogP contribution in [0.3, 0.4) is 0 Å². The van der Waals surface area contributed by atoms with E-state index in [0.717, 1.165) is 5.09 Å². The van der Waals surface area contributed by atoms with Crippen LogP contribution >= 0.6 is 24.6 Å². The zero-order valence-corrected chi connectivity index (χ0v) is 6.00. The first-order valence-electron chi connectivity index (χ1n) is 2.00. The lowest BCUT2D eigenvalue weighted by atomic mass is 11.0. The number of rotatable bonds is 1. The molecule has 0 spiro atoms. The van der Waals surface area contributed by atoms with E-state index >= 15 is 0 Å². The predicted molar refractivity (Wildman–Crippen MR) is 36.6 cm³/mol. The van der Waals surface area contributed by atoms with Crippen LogP contribution < -0.4 is 5.43 Å². The molecule has 1 N–H and O–H groups in total. The molecule has 0 saturated heterocycles. The SMILES string of the molecule is CSC1=CNN(S)O1. The van der Waals surface area contributed by atoms with E-state index in [-0.39, 0.29) is 0 Å². The molecule has 0 fully saturated rings. The molecule has 46 valence electrons. The van der Waals surface area contributed by atoms with Gasteiger partial charge in [0.05, 0.1) is 6.20 Å². The van der Waals surface area contributed by atoms with Gasteiger partial charge in [0.25, 0.3) is 0 Å². The third kappa shape index (κ3) is 1.24. The summed E-state index contributed by atoms with van der Waals surface area (Å²) in [5, 5.41) is 0.819. The lowest BCUT2D eigenvalue weighted by Gasteiger charge is -2.04. The van der Waals surface area contributed by atoms with E-state index in [1.165, 1.54) is 16.3 Å². The minimum absolute atomic E-state index is 0.819. The molecule has 1 heterocycles. The molecule has 0 unspecified atom stereocenters. The van der Waals surface area contributed by atoms with Gasteiger partial charge in [0, 0.05) is 4.58 Å². The van der Waals surface area contributed by atoms with E-state index in [2.05, 4.69) is 18.2 Å². The average molecular weight is 150 g/mol. The third-order valence-electron chi connectivity index (χ3n) is 0.670. The quantitative estimate of drug-likeness (QED) is 0.539. The summed E-state index contributed by atoms with van der Waals surface area (Å²) in [6.07, 6.45) is 3.66. The normalized spacial score (nSPS) is 19.5. The van der Waals surface area contributed by atoms with Crippen molar-refractivity contribution in [1.29, 1.82) is 0 Å². The second kappa shape index (κ2) is 2.52. The van der Waals surface area contributed by atoms with Crippen LogP contribution in [0.1, 0.15) is 0 Å². The van der Waals surface area contributed by atoms with Gasteiger partial charge in [-0.15, -0.1) is 0 Å². The van der Waals surface area contributed by atoms with Gasteiger partial charge < -0.3 is 4.84 Å². The predicted octanol–water partition coefficient (Wildman–Crippen LogP) is 0.745. The van der Waals surface area contributed by atoms with Crippen LogP contribution in [0.15, 0.2) is 11.3 Å². The van der Waals surface area contributed by atoms with Crippen LogP contribution in [0.25, 0.3) is 0 Å². The van der Waals surface area contributed by atoms with Crippen molar-refractivity contribution in [3.8, 4) is 0 Å². The summed E-state index contributed by atoms with van der Waals surface area (Å²) in [7, 11) is 0. The second-order valence-electron chi connectivity index (χ2n) is 1.16. The minimum atomic E-state index is 0.819. The molecule has 8 heavy (non-hydrogen) atoms. The molecule has 0 atom stereocenters. The Hall–Kier alpha value is -0.0000000000000000833. The summed E-state index contributed by atoms with van der Waals surface area (Å²) >= 11 is 5.36. The van der Waals surface area contributed by atoms with E-state index in [1.807, 2.05) is 6.26 Å². The maximum atomic E-state index is 4.92. The van der Waals surface area contributed by atoms with Gasteiger partial charge in [-0.3, -0.25) is 5.43 Å². The summed E-state index contributed by atoms with van der Waals surface area (Å²) in [6, 6.07) is 0. The van der Waals surface area contributed by atoms with E-state index < -0.39 is 0 Å². The number of thiol groups is 1. The highest BCUT2D eigenvalue weighted by Crippen LogP contribution is 2.18. The lowest BCUT2D eigenvalue weighted by molar-refractivity contribution is -0.0110. The average Bonchev–Trinajstić information content (AvgIpc) is 2.14. The van der Waals surface area contributed by atoms with Crippen LogP contribution in [0.5, 0.6) is 0 Å². The highest BCUT2D eigenvalue weighted by Gasteiger charge is 2.08. The van der Waals surface area contributed by atoms with Crippen molar-refractivity contribution in [3.63, 3.8) is 0 Å². The Morgan fingerprint density at radius 3 is 3.00 bits per heavy atom. The molecular formula is C3H6N2OS2. The Bertz CT molecular complexity index is 116. The molecule has 0 amide bonds. The topological polar surface area (TPSA) is 24.5 Å². The van der Waals surface area contributed by atoms with Gasteiger partial charge >= 0.3 is 0 Å². The van der Waals surface area contributed by atoms with Crippen LogP contribution in [-0.4, -0.2) is 10.8 Å². The molecule has 0 saturated carbocycles. The molecule has 0 aliphatic carbocycles. The Morgan fingerprint density at radius 2 is 2.75 bits per heavy atom. The fraction of sp³-hybridized carbons (Fsp3) is 0.333. The molecular weight excluding hydrogens is 144 g/mol. The molecule has 1 rings (SSSR count). The zero-order valence-electron chi connectivity index (χ0n) is 4.29. The van der Waals surface area contributed by atoms with Gasteiger partial charge in [0.1, 0.15) is 0 Å². The molecule has 3 nitrogen and oxygen atoms in total. The van der Waals surface area contributed by atoms with E-state index in [4.69, 9.17) is 4.84 Å². The van der Waals surface area contributed by atoms with Crippen LogP contribution in [0, 0.1) is 0 Å². The Labute approximate surface area is 57.5 Å². The van der Waals surface area contributed by atoms with Gasteiger partial charge in [0.15, 0.2) is 0 Å². The molecule has 0 radical (unpaired) electrons. The van der Waals surface area contributed by atoms with E-state index in [9.17, 15) is 0 Å². The van der Waals surface area contributed by atoms with Crippen molar-refractivity contribution < 1.29 is 4.84 Å². The van der Waals surface area contributed by atoms with Crippen molar-refractivity contribution in [2.75, 3.05) is 6.26 Å². The molecule has 0 aromatic rings. The summed E-state index contributed by atoms with van der Waals surface area (Å²) in [5.41, 5.74) is 2.71. The molecule has 1 aliphatic rings. The summed E-state index contributed by atoms with van der Waals surface area (Å²) in [4.78, 5) is 4.92. The van der Waals surface area contributed by atoms with Gasteiger partial charge in [-0.2, -0.15) is 0 Å². The standard InChI is InChI=1S/C3H6N2OS2/c1-8-3-2-4-5(7)6-3/h2,4,7H,1H3. The molecule has 0 bridgehead atoms. The lowest BCUT2D eigenvalue weighted by Crippen LogP contribution is -2.16. The van der Waals surface area contributed by atoms with Gasteiger partial charge in [-0.05, 0) is 19.1 Å². The summed E-state index contributed by atoms with van der Waals surface area (Å²) in [6.45, 7) is 0. The van der Waals surface area contributed by atoms with Crippen molar-refractivity contribution in [2.45, 2.75) is 0 Å². The maximum absolute atomic E-state index is 4.92. The number of nitrogens with one attached hydrogen (secondary N) is 1. The first-order valence-corrected chi connectivity index (χ1v) is 3.62. The first-order chi connectivity index (χ1) is 3.83. The second-order valence-corrected chi connectivity index (χ2v) is 2.33. The van der Waals surface area contributed by atoms with Crippen LogP contribution in [-0.2, 0) is 4.84 Å². The third-order valence-corrected chi connectivity index (χ3v) is 1.46. The van der Waals surface area contributed by atoms with E-state index in [0.29, 0.717) is 0 Å². The number of hydrogen-bond donors (Lipinski definition) is 2. The largest absolute Gasteiger partial charge is 0.367 e. The summed E-state index contributed by atoms with van der Waals surface area (Å²) in [5.74, 6) is 0. The van der Waals surface area contributed by atoms with Crippen molar-refractivity contribution >= 4 is 24.6 Å². The van der Waals surface area contributed by atoms with Crippen LogP contribution in [0.4, 0.5) is 0 Å². The number of nitrogens with zero attached hydrogens (tertiary/aromatic N) is 1. The van der Waals surface area contributed by atoms with Gasteiger partial charge in [-0.25, -0.2) is 0 Å². The van der Waals surface area contributed by atoms with Crippen molar-refractivity contribution in [2.24, 2.45) is 0 Å². The number of hydrazine groups is 1. The molecule has 0 aromatic carbocycles. The highest BCUT2D eigenvalue weighted by molar-refractivity contribution is 8.02. The number of thioether (sulfide) groups is 1. The van der Waals surface area contributed by atoms with Gasteiger partial charge in [0.2, 0.25) is 5.09 Å². The van der Waals surface area contributed by atoms with E-state index in [1.54, 1.807) is 6.20 Å². The maximum Gasteiger partial charge on any atom is 0.201 e. The van der Waals surface area contributed by atoms with Crippen molar-refractivity contribution in [3.05, 3.63) is 11.3 Å². The van der Waals surface area contributed by atoms with Crippen LogP contribution in [0.2, 0.25) is 0 Å².